The van der Waals surface area contributed by atoms with Gasteiger partial charge in [-0.2, -0.15) is 0 Å². The quantitative estimate of drug-likeness (QED) is 0.452. The molecular weight excluding hydrogens is 146 g/mol. The van der Waals surface area contributed by atoms with Crippen molar-refractivity contribution in [2.45, 2.75) is 12.8 Å². The van der Waals surface area contributed by atoms with E-state index in [1.807, 2.05) is 12.5 Å². The highest BCUT2D eigenvalue weighted by Gasteiger charge is 2.10. The zero-order valence-electron chi connectivity index (χ0n) is 6.25. The molecule has 0 saturated carbocycles. The van der Waals surface area contributed by atoms with Crippen molar-refractivity contribution in [3.05, 3.63) is 0 Å². The fraction of sp³-hybridized carbons (Fsp3) is 0.857. The van der Waals surface area contributed by atoms with Crippen molar-refractivity contribution in [3.8, 4) is 0 Å². The Hall–Kier alpha value is -0.0200. The van der Waals surface area contributed by atoms with E-state index in [1.165, 1.54) is 11.9 Å². The number of rotatable bonds is 2. The Morgan fingerprint density at radius 2 is 2.20 bits per heavy atom. The molecule has 3 heteroatoms. The minimum Gasteiger partial charge on any atom is -0.381 e. The van der Waals surface area contributed by atoms with Gasteiger partial charge >= 0.3 is 0 Å². The van der Waals surface area contributed by atoms with E-state index in [-0.39, 0.29) is 0 Å². The van der Waals surface area contributed by atoms with Crippen molar-refractivity contribution in [1.29, 1.82) is 0 Å². The summed E-state index contributed by atoms with van der Waals surface area (Å²) in [5, 5.41) is 0. The largest absolute Gasteiger partial charge is 0.381 e. The molecule has 58 valence electrons. The van der Waals surface area contributed by atoms with Crippen LogP contribution in [0.4, 0.5) is 0 Å². The van der Waals surface area contributed by atoms with Gasteiger partial charge in [-0.3, -0.25) is 0 Å². The van der Waals surface area contributed by atoms with Crippen molar-refractivity contribution >= 4 is 18.2 Å². The Morgan fingerprint density at radius 1 is 1.50 bits per heavy atom. The lowest BCUT2D eigenvalue weighted by Crippen LogP contribution is -2.16. The molecule has 0 bridgehead atoms. The molecule has 0 aromatic heterocycles. The van der Waals surface area contributed by atoms with Gasteiger partial charge in [-0.05, 0) is 30.7 Å². The maximum Gasteiger partial charge on any atom is 0.0472 e. The van der Waals surface area contributed by atoms with Crippen LogP contribution in [-0.4, -0.2) is 25.7 Å². The smallest absolute Gasteiger partial charge is 0.0472 e. The van der Waals surface area contributed by atoms with Crippen LogP contribution in [0.25, 0.3) is 0 Å². The van der Waals surface area contributed by atoms with Gasteiger partial charge in [-0.1, -0.05) is 0 Å². The normalized spacial score (nSPS) is 22.1. The third-order valence-electron chi connectivity index (χ3n) is 1.64. The summed E-state index contributed by atoms with van der Waals surface area (Å²) in [6.45, 7) is 1.82. The number of nitrogens with zero attached hydrogens (tertiary/aromatic N) is 1. The van der Waals surface area contributed by atoms with Gasteiger partial charge in [-0.15, -0.1) is 0 Å². The lowest BCUT2D eigenvalue weighted by molar-refractivity contribution is 0.0839. The third kappa shape index (κ3) is 2.71. The van der Waals surface area contributed by atoms with Gasteiger partial charge in [0, 0.05) is 25.7 Å². The molecule has 2 nitrogen and oxygen atoms in total. The predicted molar refractivity (Wildman–Crippen MR) is 45.6 cm³/mol. The number of hydrogen-bond donors (Lipinski definition) is 0. The molecule has 0 unspecified atom stereocenters. The highest BCUT2D eigenvalue weighted by Crippen LogP contribution is 2.12. The highest BCUT2D eigenvalue weighted by molar-refractivity contribution is 7.97. The van der Waals surface area contributed by atoms with Crippen LogP contribution in [0.2, 0.25) is 0 Å². The van der Waals surface area contributed by atoms with E-state index >= 15 is 0 Å². The minimum absolute atomic E-state index is 0.668. The molecule has 0 atom stereocenters. The van der Waals surface area contributed by atoms with Crippen LogP contribution in [0, 0.1) is 5.92 Å². The first-order chi connectivity index (χ1) is 4.93. The summed E-state index contributed by atoms with van der Waals surface area (Å²) < 4.78 is 9.34. The lowest BCUT2D eigenvalue weighted by Gasteiger charge is -2.17. The minimum atomic E-state index is 0.668. The van der Waals surface area contributed by atoms with E-state index in [1.54, 1.807) is 0 Å². The summed E-state index contributed by atoms with van der Waals surface area (Å²) in [6, 6.07) is 0. The molecule has 10 heavy (non-hydrogen) atoms. The van der Waals surface area contributed by atoms with Gasteiger partial charge in [0.2, 0.25) is 0 Å². The first kappa shape index (κ1) is 8.08. The average Bonchev–Trinajstić information content (AvgIpc) is 2.03. The Balaban J connectivity index is 2.19. The second kappa shape index (κ2) is 4.74. The van der Waals surface area contributed by atoms with Gasteiger partial charge in [0.05, 0.1) is 0 Å². The zero-order chi connectivity index (χ0) is 7.23. The molecule has 0 radical (unpaired) electrons. The summed E-state index contributed by atoms with van der Waals surface area (Å²) >= 11 is 1.52. The fourth-order valence-corrected chi connectivity index (χ4v) is 1.31. The first-order valence-electron chi connectivity index (χ1n) is 3.58. The lowest BCUT2D eigenvalue weighted by atomic mass is 10.0. The SMILES string of the molecule is CSN=CC1CCOCC1. The first-order valence-corrected chi connectivity index (χ1v) is 4.76. The fourth-order valence-electron chi connectivity index (χ4n) is 1.01. The Labute approximate surface area is 66.2 Å². The molecule has 0 N–H and O–H groups in total. The zero-order valence-corrected chi connectivity index (χ0v) is 7.06. The van der Waals surface area contributed by atoms with E-state index in [0.29, 0.717) is 5.92 Å². The van der Waals surface area contributed by atoms with Gasteiger partial charge in [-0.25, -0.2) is 4.40 Å². The maximum atomic E-state index is 5.21. The van der Waals surface area contributed by atoms with Crippen LogP contribution < -0.4 is 0 Å². The van der Waals surface area contributed by atoms with Crippen LogP contribution >= 0.6 is 11.9 Å². The van der Waals surface area contributed by atoms with Gasteiger partial charge in [0.1, 0.15) is 0 Å². The van der Waals surface area contributed by atoms with Gasteiger partial charge in [0.25, 0.3) is 0 Å². The standard InChI is InChI=1S/C7H13NOS/c1-10-8-6-7-2-4-9-5-3-7/h6-7H,2-5H2,1H3. The van der Waals surface area contributed by atoms with Crippen LogP contribution in [0.1, 0.15) is 12.8 Å². The van der Waals surface area contributed by atoms with Crippen LogP contribution in [0.15, 0.2) is 4.40 Å². The molecule has 1 fully saturated rings. The summed E-state index contributed by atoms with van der Waals surface area (Å²) in [5.41, 5.74) is 0. The predicted octanol–water partition coefficient (Wildman–Crippen LogP) is 1.76. The number of hydrogen-bond acceptors (Lipinski definition) is 3. The van der Waals surface area contributed by atoms with Crippen molar-refractivity contribution in [3.63, 3.8) is 0 Å². The molecule has 1 aliphatic rings. The van der Waals surface area contributed by atoms with Crippen LogP contribution in [0.3, 0.4) is 0 Å². The highest BCUT2D eigenvalue weighted by atomic mass is 32.2. The number of ether oxygens (including phenoxy) is 1. The summed E-state index contributed by atoms with van der Waals surface area (Å²) in [5.74, 6) is 0.668. The molecule has 1 heterocycles. The van der Waals surface area contributed by atoms with E-state index in [2.05, 4.69) is 4.40 Å². The second-order valence-electron chi connectivity index (χ2n) is 2.39. The summed E-state index contributed by atoms with van der Waals surface area (Å²) in [4.78, 5) is 0. The molecule has 1 saturated heterocycles. The summed E-state index contributed by atoms with van der Waals surface area (Å²) in [6.07, 6.45) is 6.32. The molecule has 0 aliphatic carbocycles. The van der Waals surface area contributed by atoms with Crippen molar-refractivity contribution in [2.75, 3.05) is 19.5 Å². The van der Waals surface area contributed by atoms with E-state index in [4.69, 9.17) is 4.74 Å². The summed E-state index contributed by atoms with van der Waals surface area (Å²) in [7, 11) is 0. The monoisotopic (exact) mass is 159 g/mol. The van der Waals surface area contributed by atoms with Crippen molar-refractivity contribution in [2.24, 2.45) is 10.3 Å². The van der Waals surface area contributed by atoms with Crippen molar-refractivity contribution in [1.82, 2.24) is 0 Å². The molecule has 1 aliphatic heterocycles. The Kier molecular flexibility index (Phi) is 3.83. The van der Waals surface area contributed by atoms with E-state index in [9.17, 15) is 0 Å². The van der Waals surface area contributed by atoms with E-state index in [0.717, 1.165) is 26.1 Å². The van der Waals surface area contributed by atoms with Gasteiger partial charge in [0.15, 0.2) is 0 Å². The maximum absolute atomic E-state index is 5.21. The second-order valence-corrected chi connectivity index (χ2v) is 2.96. The third-order valence-corrected chi connectivity index (χ3v) is 1.98. The van der Waals surface area contributed by atoms with Crippen LogP contribution in [-0.2, 0) is 4.74 Å². The average molecular weight is 159 g/mol. The molecular formula is C7H13NOS. The molecule has 0 spiro atoms. The molecule has 1 rings (SSSR count). The Morgan fingerprint density at radius 3 is 2.80 bits per heavy atom. The topological polar surface area (TPSA) is 21.6 Å². The van der Waals surface area contributed by atoms with Gasteiger partial charge < -0.3 is 4.74 Å². The Bertz CT molecular complexity index is 110. The molecule has 0 aromatic carbocycles. The van der Waals surface area contributed by atoms with Crippen LogP contribution in [0.5, 0.6) is 0 Å². The molecule has 0 aromatic rings. The van der Waals surface area contributed by atoms with E-state index < -0.39 is 0 Å². The van der Waals surface area contributed by atoms with Crippen molar-refractivity contribution < 1.29 is 4.74 Å². The molecule has 0 amide bonds.